The minimum atomic E-state index is -1.20. The highest BCUT2D eigenvalue weighted by Crippen LogP contribution is 2.04. The van der Waals surface area contributed by atoms with Gasteiger partial charge in [0.05, 0.1) is 0 Å². The molecule has 6 nitrogen and oxygen atoms in total. The van der Waals surface area contributed by atoms with Crippen molar-refractivity contribution in [1.29, 1.82) is 0 Å². The van der Waals surface area contributed by atoms with Gasteiger partial charge >= 0.3 is 12.1 Å². The first-order valence-corrected chi connectivity index (χ1v) is 4.20. The van der Waals surface area contributed by atoms with Gasteiger partial charge in [-0.25, -0.2) is 9.59 Å². The van der Waals surface area contributed by atoms with Crippen LogP contribution >= 0.6 is 0 Å². The number of carboxylic acids is 1. The number of ether oxygens (including phenoxy) is 1. The van der Waals surface area contributed by atoms with Crippen molar-refractivity contribution in [3.63, 3.8) is 0 Å². The highest BCUT2D eigenvalue weighted by molar-refractivity contribution is 5.77. The SMILES string of the molecule is CN(C)C(=O)O[C@@H](CCCO)C(=O)O. The van der Waals surface area contributed by atoms with Crippen LogP contribution in [0.4, 0.5) is 4.79 Å². The van der Waals surface area contributed by atoms with Crippen LogP contribution in [0.1, 0.15) is 12.8 Å². The highest BCUT2D eigenvalue weighted by Gasteiger charge is 2.22. The average molecular weight is 205 g/mol. The van der Waals surface area contributed by atoms with Gasteiger partial charge in [0, 0.05) is 20.7 Å². The van der Waals surface area contributed by atoms with E-state index in [0.717, 1.165) is 4.90 Å². The van der Waals surface area contributed by atoms with Crippen LogP contribution in [0.3, 0.4) is 0 Å². The third kappa shape index (κ3) is 4.66. The Labute approximate surface area is 82.1 Å². The number of nitrogens with zero attached hydrogens (tertiary/aromatic N) is 1. The van der Waals surface area contributed by atoms with E-state index in [1.807, 2.05) is 0 Å². The van der Waals surface area contributed by atoms with Gasteiger partial charge in [-0.15, -0.1) is 0 Å². The summed E-state index contributed by atoms with van der Waals surface area (Å²) in [6.45, 7) is -0.122. The molecular weight excluding hydrogens is 190 g/mol. The second-order valence-corrected chi connectivity index (χ2v) is 2.97. The van der Waals surface area contributed by atoms with Crippen LogP contribution in [0.25, 0.3) is 0 Å². The molecule has 0 heterocycles. The van der Waals surface area contributed by atoms with E-state index >= 15 is 0 Å². The topological polar surface area (TPSA) is 87.1 Å². The van der Waals surface area contributed by atoms with E-state index in [0.29, 0.717) is 0 Å². The van der Waals surface area contributed by atoms with Crippen molar-refractivity contribution in [3.8, 4) is 0 Å². The van der Waals surface area contributed by atoms with Gasteiger partial charge in [0.25, 0.3) is 0 Å². The molecule has 0 unspecified atom stereocenters. The lowest BCUT2D eigenvalue weighted by Crippen LogP contribution is -2.32. The van der Waals surface area contributed by atoms with Crippen LogP contribution in [0, 0.1) is 0 Å². The highest BCUT2D eigenvalue weighted by atomic mass is 16.6. The molecule has 0 aromatic carbocycles. The number of aliphatic hydroxyl groups excluding tert-OH is 1. The summed E-state index contributed by atoms with van der Waals surface area (Å²) in [5, 5.41) is 17.1. The zero-order chi connectivity index (χ0) is 11.1. The smallest absolute Gasteiger partial charge is 0.410 e. The summed E-state index contributed by atoms with van der Waals surface area (Å²) < 4.78 is 4.65. The molecule has 2 N–H and O–H groups in total. The second kappa shape index (κ2) is 6.20. The van der Waals surface area contributed by atoms with Crippen LogP contribution in [0.5, 0.6) is 0 Å². The van der Waals surface area contributed by atoms with Gasteiger partial charge in [0.15, 0.2) is 0 Å². The molecule has 14 heavy (non-hydrogen) atoms. The lowest BCUT2D eigenvalue weighted by Gasteiger charge is -2.16. The van der Waals surface area contributed by atoms with Crippen LogP contribution in [0.2, 0.25) is 0 Å². The van der Waals surface area contributed by atoms with E-state index in [-0.39, 0.29) is 19.4 Å². The number of aliphatic hydroxyl groups is 1. The standard InChI is InChI=1S/C8H15NO5/c1-9(2)8(13)14-6(7(11)12)4-3-5-10/h6,10H,3-5H2,1-2H3,(H,11,12)/t6-/m0/s1. The first kappa shape index (κ1) is 12.7. The van der Waals surface area contributed by atoms with Gasteiger partial charge in [-0.05, 0) is 12.8 Å². The maximum absolute atomic E-state index is 11.0. The largest absolute Gasteiger partial charge is 0.479 e. The maximum atomic E-state index is 11.0. The quantitative estimate of drug-likeness (QED) is 0.655. The van der Waals surface area contributed by atoms with Crippen molar-refractivity contribution in [2.24, 2.45) is 0 Å². The Morgan fingerprint density at radius 2 is 2.00 bits per heavy atom. The maximum Gasteiger partial charge on any atom is 0.410 e. The van der Waals surface area contributed by atoms with Crippen molar-refractivity contribution in [2.45, 2.75) is 18.9 Å². The fourth-order valence-electron chi connectivity index (χ4n) is 0.737. The Kier molecular flexibility index (Phi) is 5.62. The Balaban J connectivity index is 4.09. The molecule has 0 saturated carbocycles. The number of hydrogen-bond donors (Lipinski definition) is 2. The molecule has 0 aliphatic carbocycles. The molecule has 0 aliphatic heterocycles. The van der Waals surface area contributed by atoms with Gasteiger partial charge < -0.3 is 19.8 Å². The molecular formula is C8H15NO5. The molecule has 0 radical (unpaired) electrons. The normalized spacial score (nSPS) is 11.9. The first-order chi connectivity index (χ1) is 6.49. The van der Waals surface area contributed by atoms with Crippen LogP contribution in [-0.4, -0.2) is 54.0 Å². The van der Waals surface area contributed by atoms with E-state index in [2.05, 4.69) is 4.74 Å². The van der Waals surface area contributed by atoms with E-state index in [1.54, 1.807) is 0 Å². The Hall–Kier alpha value is -1.30. The van der Waals surface area contributed by atoms with Crippen molar-refractivity contribution in [1.82, 2.24) is 4.90 Å². The van der Waals surface area contributed by atoms with E-state index in [9.17, 15) is 9.59 Å². The number of amides is 1. The average Bonchev–Trinajstić information content (AvgIpc) is 2.10. The van der Waals surface area contributed by atoms with Gasteiger partial charge in [-0.1, -0.05) is 0 Å². The number of carboxylic acid groups (broad SMARTS) is 1. The van der Waals surface area contributed by atoms with E-state index in [1.165, 1.54) is 14.1 Å². The molecule has 1 atom stereocenters. The summed E-state index contributed by atoms with van der Waals surface area (Å²) in [4.78, 5) is 22.7. The van der Waals surface area contributed by atoms with Gasteiger partial charge in [-0.3, -0.25) is 0 Å². The lowest BCUT2D eigenvalue weighted by atomic mass is 10.2. The fourth-order valence-corrected chi connectivity index (χ4v) is 0.737. The van der Waals surface area contributed by atoms with Crippen LogP contribution in [0.15, 0.2) is 0 Å². The zero-order valence-corrected chi connectivity index (χ0v) is 8.27. The molecule has 0 rings (SSSR count). The molecule has 0 spiro atoms. The molecule has 0 aliphatic rings. The number of carbonyl (C=O) groups is 2. The minimum absolute atomic E-state index is 0.116. The summed E-state index contributed by atoms with van der Waals surface area (Å²) in [5.74, 6) is -1.20. The van der Waals surface area contributed by atoms with Gasteiger partial charge in [-0.2, -0.15) is 0 Å². The molecule has 0 aromatic rings. The summed E-state index contributed by atoms with van der Waals surface area (Å²) in [7, 11) is 2.93. The number of aliphatic carboxylic acids is 1. The summed E-state index contributed by atoms with van der Waals surface area (Å²) in [5.41, 5.74) is 0. The summed E-state index contributed by atoms with van der Waals surface area (Å²) in [6, 6.07) is 0. The molecule has 0 bridgehead atoms. The third-order valence-corrected chi connectivity index (χ3v) is 1.51. The van der Waals surface area contributed by atoms with Gasteiger partial charge in [0.1, 0.15) is 0 Å². The van der Waals surface area contributed by atoms with Crippen molar-refractivity contribution in [2.75, 3.05) is 20.7 Å². The lowest BCUT2D eigenvalue weighted by molar-refractivity contribution is -0.147. The number of rotatable bonds is 5. The number of hydrogen-bond acceptors (Lipinski definition) is 4. The molecule has 6 heteroatoms. The Bertz CT molecular complexity index is 204. The molecule has 0 fully saturated rings. The second-order valence-electron chi connectivity index (χ2n) is 2.97. The first-order valence-electron chi connectivity index (χ1n) is 4.20. The third-order valence-electron chi connectivity index (χ3n) is 1.51. The van der Waals surface area contributed by atoms with E-state index < -0.39 is 18.2 Å². The summed E-state index contributed by atoms with van der Waals surface area (Å²) >= 11 is 0. The van der Waals surface area contributed by atoms with E-state index in [4.69, 9.17) is 10.2 Å². The van der Waals surface area contributed by atoms with Gasteiger partial charge in [0.2, 0.25) is 6.10 Å². The molecule has 0 saturated heterocycles. The van der Waals surface area contributed by atoms with Crippen molar-refractivity contribution >= 4 is 12.1 Å². The molecule has 0 aromatic heterocycles. The minimum Gasteiger partial charge on any atom is -0.479 e. The van der Waals surface area contributed by atoms with Crippen LogP contribution in [-0.2, 0) is 9.53 Å². The monoisotopic (exact) mass is 205 g/mol. The molecule has 82 valence electrons. The summed E-state index contributed by atoms with van der Waals surface area (Å²) in [6.07, 6.45) is -1.48. The van der Waals surface area contributed by atoms with Crippen LogP contribution < -0.4 is 0 Å². The number of carbonyl (C=O) groups excluding carboxylic acids is 1. The Morgan fingerprint density at radius 3 is 2.36 bits per heavy atom. The zero-order valence-electron chi connectivity index (χ0n) is 8.27. The predicted octanol–water partition coefficient (Wildman–Crippen LogP) is -0.0897. The predicted molar refractivity (Wildman–Crippen MR) is 47.9 cm³/mol. The molecule has 1 amide bonds. The van der Waals surface area contributed by atoms with Crippen molar-refractivity contribution in [3.05, 3.63) is 0 Å². The Morgan fingerprint density at radius 1 is 1.43 bits per heavy atom. The van der Waals surface area contributed by atoms with Crippen molar-refractivity contribution < 1.29 is 24.5 Å². The fraction of sp³-hybridized carbons (Fsp3) is 0.750.